The van der Waals surface area contributed by atoms with Crippen LogP contribution in [0.4, 0.5) is 0 Å². The van der Waals surface area contributed by atoms with Crippen LogP contribution in [-0.2, 0) is 16.6 Å². The maximum absolute atomic E-state index is 12.9. The molecule has 2 aromatic carbocycles. The van der Waals surface area contributed by atoms with Crippen molar-refractivity contribution in [2.45, 2.75) is 31.1 Å². The van der Waals surface area contributed by atoms with E-state index in [-0.39, 0.29) is 5.91 Å². The van der Waals surface area contributed by atoms with Crippen LogP contribution in [0.2, 0.25) is 5.02 Å². The molecule has 1 aliphatic rings. The second-order valence-electron chi connectivity index (χ2n) is 6.27. The van der Waals surface area contributed by atoms with Crippen molar-refractivity contribution in [1.29, 1.82) is 0 Å². The fourth-order valence-electron chi connectivity index (χ4n) is 3.33. The number of nitrogens with one attached hydrogen (secondary N) is 1. The van der Waals surface area contributed by atoms with Gasteiger partial charge in [-0.3, -0.25) is 4.79 Å². The standard InChI is InChI=1S/C20H22ClNO2/c1-24-18-6-3-2-5-17(18)20(12-4-13-20)19(23)22-14-11-15-7-9-16(21)10-8-15/h2-3,5-10H,4,11-14H2,1H3,(H,22,23). The first-order chi connectivity index (χ1) is 11.7. The molecule has 1 saturated carbocycles. The van der Waals surface area contributed by atoms with E-state index in [1.807, 2.05) is 48.5 Å². The summed E-state index contributed by atoms with van der Waals surface area (Å²) in [7, 11) is 1.66. The van der Waals surface area contributed by atoms with E-state index in [1.165, 1.54) is 5.56 Å². The molecule has 0 bridgehead atoms. The molecule has 0 aromatic heterocycles. The van der Waals surface area contributed by atoms with Crippen LogP contribution >= 0.6 is 11.6 Å². The van der Waals surface area contributed by atoms with E-state index in [0.717, 1.165) is 42.0 Å². The van der Waals surface area contributed by atoms with Crippen molar-refractivity contribution >= 4 is 17.5 Å². The second kappa shape index (κ2) is 7.27. The van der Waals surface area contributed by atoms with E-state index in [2.05, 4.69) is 5.32 Å². The zero-order valence-electron chi connectivity index (χ0n) is 13.8. The Kier molecular flexibility index (Phi) is 5.10. The normalized spacial score (nSPS) is 15.4. The van der Waals surface area contributed by atoms with Crippen molar-refractivity contribution in [3.8, 4) is 5.75 Å². The first kappa shape index (κ1) is 16.8. The minimum absolute atomic E-state index is 0.104. The molecule has 3 nitrogen and oxygen atoms in total. The maximum atomic E-state index is 12.9. The molecule has 0 saturated heterocycles. The molecule has 0 atom stereocenters. The number of halogens is 1. The van der Waals surface area contributed by atoms with Crippen LogP contribution in [0.5, 0.6) is 5.75 Å². The minimum Gasteiger partial charge on any atom is -0.496 e. The van der Waals surface area contributed by atoms with Crippen LogP contribution in [0.15, 0.2) is 48.5 Å². The maximum Gasteiger partial charge on any atom is 0.230 e. The Hall–Kier alpha value is -2.00. The van der Waals surface area contributed by atoms with Gasteiger partial charge in [0.15, 0.2) is 0 Å². The Bertz CT molecular complexity index is 708. The van der Waals surface area contributed by atoms with E-state index >= 15 is 0 Å². The number of hydrogen-bond acceptors (Lipinski definition) is 2. The number of para-hydroxylation sites is 1. The molecule has 0 spiro atoms. The third kappa shape index (κ3) is 3.27. The van der Waals surface area contributed by atoms with Gasteiger partial charge in [-0.25, -0.2) is 0 Å². The Labute approximate surface area is 148 Å². The lowest BCUT2D eigenvalue weighted by molar-refractivity contribution is -0.129. The highest BCUT2D eigenvalue weighted by molar-refractivity contribution is 6.30. The molecule has 1 aliphatic carbocycles. The van der Waals surface area contributed by atoms with Crippen LogP contribution in [0.25, 0.3) is 0 Å². The predicted octanol–water partition coefficient (Wildman–Crippen LogP) is 4.13. The van der Waals surface area contributed by atoms with Gasteiger partial charge >= 0.3 is 0 Å². The zero-order valence-corrected chi connectivity index (χ0v) is 14.6. The van der Waals surface area contributed by atoms with E-state index < -0.39 is 5.41 Å². The van der Waals surface area contributed by atoms with Crippen molar-refractivity contribution in [2.24, 2.45) is 0 Å². The molecule has 126 valence electrons. The SMILES string of the molecule is COc1ccccc1C1(C(=O)NCCc2ccc(Cl)cc2)CCC1. The molecule has 0 heterocycles. The fourth-order valence-corrected chi connectivity index (χ4v) is 3.46. The summed E-state index contributed by atoms with van der Waals surface area (Å²) in [5.74, 6) is 0.900. The van der Waals surface area contributed by atoms with E-state index in [1.54, 1.807) is 7.11 Å². The van der Waals surface area contributed by atoms with Crippen molar-refractivity contribution in [2.75, 3.05) is 13.7 Å². The summed E-state index contributed by atoms with van der Waals surface area (Å²) in [4.78, 5) is 12.9. The first-order valence-corrected chi connectivity index (χ1v) is 8.70. The van der Waals surface area contributed by atoms with Crippen molar-refractivity contribution < 1.29 is 9.53 Å². The Balaban J connectivity index is 1.67. The summed E-state index contributed by atoms with van der Waals surface area (Å²) in [5, 5.41) is 3.84. The van der Waals surface area contributed by atoms with Gasteiger partial charge < -0.3 is 10.1 Å². The van der Waals surface area contributed by atoms with E-state index in [9.17, 15) is 4.79 Å². The molecular formula is C20H22ClNO2. The van der Waals surface area contributed by atoms with E-state index in [4.69, 9.17) is 16.3 Å². The largest absolute Gasteiger partial charge is 0.496 e. The first-order valence-electron chi connectivity index (χ1n) is 8.32. The Morgan fingerprint density at radius 1 is 1.17 bits per heavy atom. The second-order valence-corrected chi connectivity index (χ2v) is 6.70. The average Bonchev–Trinajstić information content (AvgIpc) is 2.56. The van der Waals surface area contributed by atoms with Crippen LogP contribution in [-0.4, -0.2) is 19.6 Å². The van der Waals surface area contributed by atoms with E-state index in [0.29, 0.717) is 6.54 Å². The number of benzene rings is 2. The van der Waals surface area contributed by atoms with Gasteiger partial charge in [-0.15, -0.1) is 0 Å². The fraction of sp³-hybridized carbons (Fsp3) is 0.350. The van der Waals surface area contributed by atoms with Gasteiger partial charge in [0, 0.05) is 17.1 Å². The highest BCUT2D eigenvalue weighted by Crippen LogP contribution is 2.47. The van der Waals surface area contributed by atoms with Gasteiger partial charge in [-0.2, -0.15) is 0 Å². The quantitative estimate of drug-likeness (QED) is 0.856. The van der Waals surface area contributed by atoms with Gasteiger partial charge in [0.25, 0.3) is 0 Å². The molecule has 2 aromatic rings. The van der Waals surface area contributed by atoms with Crippen LogP contribution < -0.4 is 10.1 Å². The molecule has 0 radical (unpaired) electrons. The number of methoxy groups -OCH3 is 1. The number of hydrogen-bond donors (Lipinski definition) is 1. The molecule has 4 heteroatoms. The Morgan fingerprint density at radius 2 is 1.88 bits per heavy atom. The summed E-state index contributed by atoms with van der Waals surface area (Å²) in [6, 6.07) is 15.6. The lowest BCUT2D eigenvalue weighted by atomic mass is 9.63. The third-order valence-corrected chi connectivity index (χ3v) is 5.13. The van der Waals surface area contributed by atoms with Crippen LogP contribution in [0, 0.1) is 0 Å². The highest BCUT2D eigenvalue weighted by atomic mass is 35.5. The number of carbonyl (C=O) groups is 1. The Morgan fingerprint density at radius 3 is 2.50 bits per heavy atom. The van der Waals surface area contributed by atoms with Gasteiger partial charge in [0.05, 0.1) is 12.5 Å². The summed E-state index contributed by atoms with van der Waals surface area (Å²) in [6.07, 6.45) is 3.62. The predicted molar refractivity (Wildman–Crippen MR) is 96.7 cm³/mol. The summed E-state index contributed by atoms with van der Waals surface area (Å²) < 4.78 is 5.47. The number of rotatable bonds is 6. The van der Waals surface area contributed by atoms with Crippen LogP contribution in [0.1, 0.15) is 30.4 Å². The molecule has 24 heavy (non-hydrogen) atoms. The average molecular weight is 344 g/mol. The lowest BCUT2D eigenvalue weighted by Gasteiger charge is -2.41. The highest BCUT2D eigenvalue weighted by Gasteiger charge is 2.47. The number of amides is 1. The molecular weight excluding hydrogens is 322 g/mol. The van der Waals surface area contributed by atoms with Gasteiger partial charge in [0.1, 0.15) is 5.75 Å². The number of carbonyl (C=O) groups excluding carboxylic acids is 1. The zero-order chi connectivity index (χ0) is 17.0. The van der Waals surface area contributed by atoms with Crippen molar-refractivity contribution in [3.63, 3.8) is 0 Å². The van der Waals surface area contributed by atoms with Gasteiger partial charge in [-0.05, 0) is 43.0 Å². The third-order valence-electron chi connectivity index (χ3n) is 4.88. The molecule has 1 N–H and O–H groups in total. The molecule has 3 rings (SSSR count). The lowest BCUT2D eigenvalue weighted by Crippen LogP contribution is -2.49. The van der Waals surface area contributed by atoms with Crippen molar-refractivity contribution in [1.82, 2.24) is 5.32 Å². The molecule has 0 aliphatic heterocycles. The van der Waals surface area contributed by atoms with Gasteiger partial charge in [-0.1, -0.05) is 48.4 Å². The van der Waals surface area contributed by atoms with Crippen molar-refractivity contribution in [3.05, 3.63) is 64.7 Å². The minimum atomic E-state index is -0.438. The topological polar surface area (TPSA) is 38.3 Å². The monoisotopic (exact) mass is 343 g/mol. The molecule has 1 amide bonds. The van der Waals surface area contributed by atoms with Crippen LogP contribution in [0.3, 0.4) is 0 Å². The smallest absolute Gasteiger partial charge is 0.230 e. The number of ether oxygens (including phenoxy) is 1. The summed E-state index contributed by atoms with van der Waals surface area (Å²) in [5.41, 5.74) is 1.73. The molecule has 1 fully saturated rings. The summed E-state index contributed by atoms with van der Waals surface area (Å²) in [6.45, 7) is 0.622. The summed E-state index contributed by atoms with van der Waals surface area (Å²) >= 11 is 5.90. The molecule has 0 unspecified atom stereocenters. The van der Waals surface area contributed by atoms with Gasteiger partial charge in [0.2, 0.25) is 5.91 Å².